The lowest BCUT2D eigenvalue weighted by Crippen LogP contribution is -2.23. The van der Waals surface area contributed by atoms with E-state index in [2.05, 4.69) is 4.98 Å². The maximum atomic E-state index is 13.6. The number of carbonyl (C=O) groups excluding carboxylic acids is 1. The summed E-state index contributed by atoms with van der Waals surface area (Å²) in [5, 5.41) is 1.49. The fraction of sp³-hybridized carbons (Fsp3) is 0.154. The van der Waals surface area contributed by atoms with Crippen LogP contribution in [0.5, 0.6) is 5.75 Å². The number of aryl methyl sites for hydroxylation is 1. The highest BCUT2D eigenvalue weighted by molar-refractivity contribution is 7.98. The second kappa shape index (κ2) is 9.40. The molecule has 0 aliphatic carbocycles. The van der Waals surface area contributed by atoms with E-state index in [-0.39, 0.29) is 5.56 Å². The number of pyridine rings is 1. The lowest BCUT2D eigenvalue weighted by molar-refractivity contribution is 0.112. The molecule has 2 aromatic carbocycles. The van der Waals surface area contributed by atoms with Crippen LogP contribution in [-0.2, 0) is 12.3 Å². The number of aldehydes is 1. The van der Waals surface area contributed by atoms with Gasteiger partial charge in [0.2, 0.25) is 0 Å². The molecule has 0 radical (unpaired) electrons. The number of aromatic nitrogens is 3. The van der Waals surface area contributed by atoms with Crippen molar-refractivity contribution in [2.24, 2.45) is 0 Å². The predicted molar refractivity (Wildman–Crippen MR) is 137 cm³/mol. The maximum Gasteiger partial charge on any atom is 0.272 e. The van der Waals surface area contributed by atoms with Crippen molar-refractivity contribution < 1.29 is 9.53 Å². The zero-order valence-electron chi connectivity index (χ0n) is 18.6. The molecular formula is C26H21N3O3S2. The fourth-order valence-electron chi connectivity index (χ4n) is 3.79. The topological polar surface area (TPSA) is 74.1 Å². The van der Waals surface area contributed by atoms with Gasteiger partial charge in [-0.3, -0.25) is 14.2 Å². The molecule has 0 amide bonds. The van der Waals surface area contributed by atoms with Crippen LogP contribution in [0.15, 0.2) is 70.7 Å². The van der Waals surface area contributed by atoms with Crippen LogP contribution >= 0.6 is 23.1 Å². The number of nitrogens with zero attached hydrogens (tertiary/aromatic N) is 3. The van der Waals surface area contributed by atoms with Gasteiger partial charge in [-0.2, -0.15) is 0 Å². The van der Waals surface area contributed by atoms with Crippen LogP contribution in [-0.4, -0.2) is 27.9 Å². The molecule has 0 aliphatic heterocycles. The number of ether oxygens (including phenoxy) is 1. The molecule has 0 aliphatic rings. The molecule has 34 heavy (non-hydrogen) atoms. The van der Waals surface area contributed by atoms with Gasteiger partial charge in [0.05, 0.1) is 19.2 Å². The molecule has 0 saturated carbocycles. The Balaban J connectivity index is 1.62. The first kappa shape index (κ1) is 22.3. The van der Waals surface area contributed by atoms with Crippen molar-refractivity contribution in [3.8, 4) is 5.75 Å². The van der Waals surface area contributed by atoms with Gasteiger partial charge in [0.15, 0.2) is 5.16 Å². The van der Waals surface area contributed by atoms with Gasteiger partial charge in [0, 0.05) is 28.5 Å². The average molecular weight is 488 g/mol. The van der Waals surface area contributed by atoms with Crippen LogP contribution in [0.4, 0.5) is 0 Å². The number of thioether (sulfide) groups is 1. The first-order chi connectivity index (χ1) is 16.6. The number of rotatable bonds is 7. The summed E-state index contributed by atoms with van der Waals surface area (Å²) in [7, 11) is 1.60. The zero-order chi connectivity index (χ0) is 23.7. The van der Waals surface area contributed by atoms with E-state index in [0.29, 0.717) is 39.0 Å². The van der Waals surface area contributed by atoms with Gasteiger partial charge in [0.25, 0.3) is 5.56 Å². The highest BCUT2D eigenvalue weighted by Crippen LogP contribution is 2.33. The Kier molecular flexibility index (Phi) is 6.17. The van der Waals surface area contributed by atoms with Gasteiger partial charge in [0.1, 0.15) is 21.6 Å². The lowest BCUT2D eigenvalue weighted by Gasteiger charge is -2.14. The molecule has 8 heteroatoms. The zero-order valence-corrected chi connectivity index (χ0v) is 20.3. The highest BCUT2D eigenvalue weighted by Gasteiger charge is 2.18. The Bertz CT molecular complexity index is 1570. The Labute approximate surface area is 204 Å². The number of methoxy groups -OCH3 is 1. The van der Waals surface area contributed by atoms with Crippen LogP contribution in [0.1, 0.15) is 27.0 Å². The maximum absolute atomic E-state index is 13.6. The van der Waals surface area contributed by atoms with Crippen molar-refractivity contribution in [1.82, 2.24) is 14.5 Å². The Morgan fingerprint density at radius 1 is 1.15 bits per heavy atom. The monoisotopic (exact) mass is 487 g/mol. The second-order valence-corrected chi connectivity index (χ2v) is 9.83. The van der Waals surface area contributed by atoms with Gasteiger partial charge >= 0.3 is 0 Å². The highest BCUT2D eigenvalue weighted by atomic mass is 32.2. The van der Waals surface area contributed by atoms with Crippen LogP contribution < -0.4 is 10.3 Å². The Hall–Kier alpha value is -3.49. The largest absolute Gasteiger partial charge is 0.496 e. The van der Waals surface area contributed by atoms with E-state index in [1.165, 1.54) is 23.1 Å². The summed E-state index contributed by atoms with van der Waals surface area (Å²) >= 11 is 2.83. The Morgan fingerprint density at radius 2 is 1.97 bits per heavy atom. The molecule has 6 nitrogen and oxygen atoms in total. The average Bonchev–Trinajstić information content (AvgIpc) is 3.24. The summed E-state index contributed by atoms with van der Waals surface area (Å²) in [5.74, 6) is 1.19. The van der Waals surface area contributed by atoms with Crippen molar-refractivity contribution in [2.45, 2.75) is 24.4 Å². The molecule has 5 aromatic rings. The molecular weight excluding hydrogens is 466 g/mol. The van der Waals surface area contributed by atoms with E-state index >= 15 is 0 Å². The summed E-state index contributed by atoms with van der Waals surface area (Å²) in [4.78, 5) is 35.1. The quantitative estimate of drug-likeness (QED) is 0.172. The predicted octanol–water partition coefficient (Wildman–Crippen LogP) is 5.48. The van der Waals surface area contributed by atoms with Gasteiger partial charge < -0.3 is 4.74 Å². The van der Waals surface area contributed by atoms with Crippen LogP contribution in [0.2, 0.25) is 0 Å². The molecule has 3 heterocycles. The second-order valence-electron chi connectivity index (χ2n) is 7.88. The van der Waals surface area contributed by atoms with E-state index in [1.807, 2.05) is 49.4 Å². The first-order valence-corrected chi connectivity index (χ1v) is 12.5. The van der Waals surface area contributed by atoms with E-state index < -0.39 is 0 Å². The summed E-state index contributed by atoms with van der Waals surface area (Å²) in [6, 6.07) is 17.3. The number of hydrogen-bond donors (Lipinski definition) is 0. The third-order valence-corrected chi connectivity index (χ3v) is 7.69. The third-order valence-electron chi connectivity index (χ3n) is 5.58. The van der Waals surface area contributed by atoms with Gasteiger partial charge in [-0.1, -0.05) is 41.6 Å². The lowest BCUT2D eigenvalue weighted by atomic mass is 10.1. The van der Waals surface area contributed by atoms with Crippen molar-refractivity contribution in [3.05, 3.63) is 93.4 Å². The van der Waals surface area contributed by atoms with Crippen molar-refractivity contribution in [3.63, 3.8) is 0 Å². The van der Waals surface area contributed by atoms with Crippen molar-refractivity contribution >= 4 is 49.8 Å². The first-order valence-electron chi connectivity index (χ1n) is 10.7. The van der Waals surface area contributed by atoms with Crippen LogP contribution in [0.25, 0.3) is 20.4 Å². The molecule has 0 fully saturated rings. The number of carbonyl (C=O) groups is 1. The summed E-state index contributed by atoms with van der Waals surface area (Å²) < 4.78 is 7.81. The van der Waals surface area contributed by atoms with Gasteiger partial charge in [-0.25, -0.2) is 9.97 Å². The fourth-order valence-corrected chi connectivity index (χ4v) is 5.79. The van der Waals surface area contributed by atoms with Gasteiger partial charge in [-0.15, -0.1) is 11.3 Å². The van der Waals surface area contributed by atoms with Crippen molar-refractivity contribution in [1.29, 1.82) is 0 Å². The summed E-state index contributed by atoms with van der Waals surface area (Å²) in [5.41, 5.74) is 4.23. The molecule has 0 spiro atoms. The SMILES string of the molecule is COc1ccc(C=O)cc1CSc1nc2c(sc3ncccc32)c(=O)n1Cc1ccc(C)cc1. The number of fused-ring (bicyclic) bond motifs is 3. The molecule has 0 atom stereocenters. The van der Waals surface area contributed by atoms with Crippen LogP contribution in [0, 0.1) is 6.92 Å². The smallest absolute Gasteiger partial charge is 0.272 e. The summed E-state index contributed by atoms with van der Waals surface area (Å²) in [6.07, 6.45) is 2.54. The molecule has 170 valence electrons. The van der Waals surface area contributed by atoms with E-state index in [4.69, 9.17) is 9.72 Å². The van der Waals surface area contributed by atoms with E-state index in [0.717, 1.165) is 33.2 Å². The minimum absolute atomic E-state index is 0.0790. The molecule has 5 rings (SSSR count). The normalized spacial score (nSPS) is 11.2. The molecule has 0 N–H and O–H groups in total. The number of hydrogen-bond acceptors (Lipinski definition) is 7. The van der Waals surface area contributed by atoms with Crippen molar-refractivity contribution in [2.75, 3.05) is 7.11 Å². The summed E-state index contributed by atoms with van der Waals surface area (Å²) in [6.45, 7) is 2.45. The third kappa shape index (κ3) is 4.22. The molecule has 3 aromatic heterocycles. The van der Waals surface area contributed by atoms with E-state index in [9.17, 15) is 9.59 Å². The van der Waals surface area contributed by atoms with Crippen LogP contribution in [0.3, 0.4) is 0 Å². The Morgan fingerprint density at radius 3 is 2.74 bits per heavy atom. The number of thiophene rings is 1. The minimum Gasteiger partial charge on any atom is -0.496 e. The number of benzene rings is 2. The standard InChI is InChI=1S/C26H21N3O3S2/c1-16-5-7-17(8-6-16)13-29-25(31)23-22(20-4-3-11-27-24(20)34-23)28-26(29)33-15-19-12-18(14-30)9-10-21(19)32-2/h3-12,14H,13,15H2,1-2H3. The minimum atomic E-state index is -0.0790. The van der Waals surface area contributed by atoms with E-state index in [1.54, 1.807) is 30.0 Å². The molecule has 0 bridgehead atoms. The molecule has 0 unspecified atom stereocenters. The van der Waals surface area contributed by atoms with Gasteiger partial charge in [-0.05, 0) is 42.8 Å². The molecule has 0 saturated heterocycles.